The SMILES string of the molecule is C#Cc1ccc(CN(C)CCO)cc1. The van der Waals surface area contributed by atoms with Crippen LogP contribution in [0.4, 0.5) is 0 Å². The first kappa shape index (κ1) is 10.8. The smallest absolute Gasteiger partial charge is 0.0558 e. The second-order valence-electron chi connectivity index (χ2n) is 3.30. The highest BCUT2D eigenvalue weighted by atomic mass is 16.3. The maximum Gasteiger partial charge on any atom is 0.0558 e. The van der Waals surface area contributed by atoms with Gasteiger partial charge in [0.25, 0.3) is 0 Å². The number of hydrogen-bond donors (Lipinski definition) is 1. The Labute approximate surface area is 85.2 Å². The first-order chi connectivity index (χ1) is 6.76. The normalized spacial score (nSPS) is 10.1. The minimum atomic E-state index is 0.193. The maximum atomic E-state index is 8.73. The Morgan fingerprint density at radius 2 is 2.00 bits per heavy atom. The van der Waals surface area contributed by atoms with Crippen molar-refractivity contribution in [3.05, 3.63) is 35.4 Å². The Kier molecular flexibility index (Phi) is 4.18. The maximum absolute atomic E-state index is 8.73. The summed E-state index contributed by atoms with van der Waals surface area (Å²) in [4.78, 5) is 2.06. The third kappa shape index (κ3) is 3.21. The Bertz CT molecular complexity index is 310. The lowest BCUT2D eigenvalue weighted by atomic mass is 10.1. The molecule has 0 radical (unpaired) electrons. The van der Waals surface area contributed by atoms with Crippen LogP contribution in [0, 0.1) is 12.3 Å². The fourth-order valence-electron chi connectivity index (χ4n) is 1.27. The molecule has 1 rings (SSSR count). The second-order valence-corrected chi connectivity index (χ2v) is 3.30. The highest BCUT2D eigenvalue weighted by molar-refractivity contribution is 5.34. The zero-order valence-corrected chi connectivity index (χ0v) is 8.40. The van der Waals surface area contributed by atoms with Crippen LogP contribution < -0.4 is 0 Å². The first-order valence-corrected chi connectivity index (χ1v) is 4.61. The van der Waals surface area contributed by atoms with Gasteiger partial charge in [-0.1, -0.05) is 18.1 Å². The Balaban J connectivity index is 2.56. The van der Waals surface area contributed by atoms with Gasteiger partial charge < -0.3 is 5.11 Å². The summed E-state index contributed by atoms with van der Waals surface area (Å²) in [5, 5.41) is 8.73. The van der Waals surface area contributed by atoms with Crippen molar-refractivity contribution in [2.75, 3.05) is 20.2 Å². The molecule has 1 aromatic carbocycles. The lowest BCUT2D eigenvalue weighted by Crippen LogP contribution is -2.21. The minimum absolute atomic E-state index is 0.193. The van der Waals surface area contributed by atoms with Crippen LogP contribution in [-0.2, 0) is 6.54 Å². The highest BCUT2D eigenvalue weighted by Gasteiger charge is 1.98. The summed E-state index contributed by atoms with van der Waals surface area (Å²) in [6.07, 6.45) is 5.26. The quantitative estimate of drug-likeness (QED) is 0.717. The number of aliphatic hydroxyl groups excluding tert-OH is 1. The topological polar surface area (TPSA) is 23.5 Å². The Hall–Kier alpha value is -1.30. The number of hydrogen-bond acceptors (Lipinski definition) is 2. The molecule has 1 N–H and O–H groups in total. The summed E-state index contributed by atoms with van der Waals surface area (Å²) in [7, 11) is 1.98. The molecule has 0 aliphatic carbocycles. The van der Waals surface area contributed by atoms with Crippen LogP contribution in [-0.4, -0.2) is 30.2 Å². The van der Waals surface area contributed by atoms with Gasteiger partial charge in [0, 0.05) is 18.7 Å². The van der Waals surface area contributed by atoms with Crippen molar-refractivity contribution in [3.8, 4) is 12.3 Å². The van der Waals surface area contributed by atoms with E-state index in [-0.39, 0.29) is 6.61 Å². The monoisotopic (exact) mass is 189 g/mol. The van der Waals surface area contributed by atoms with E-state index >= 15 is 0 Å². The average Bonchev–Trinajstić information content (AvgIpc) is 2.19. The van der Waals surface area contributed by atoms with Crippen LogP contribution in [0.25, 0.3) is 0 Å². The fourth-order valence-corrected chi connectivity index (χ4v) is 1.27. The molecule has 0 fully saturated rings. The molecule has 1 aromatic rings. The van der Waals surface area contributed by atoms with Crippen molar-refractivity contribution < 1.29 is 5.11 Å². The zero-order chi connectivity index (χ0) is 10.4. The molecular weight excluding hydrogens is 174 g/mol. The number of rotatable bonds is 4. The summed E-state index contributed by atoms with van der Waals surface area (Å²) in [5.41, 5.74) is 2.11. The van der Waals surface area contributed by atoms with Gasteiger partial charge in [-0.15, -0.1) is 6.42 Å². The van der Waals surface area contributed by atoms with E-state index in [9.17, 15) is 0 Å². The van der Waals surface area contributed by atoms with E-state index < -0.39 is 0 Å². The van der Waals surface area contributed by atoms with E-state index in [1.54, 1.807) is 0 Å². The van der Waals surface area contributed by atoms with Gasteiger partial charge in [0.15, 0.2) is 0 Å². The molecular formula is C12H15NO. The molecule has 0 atom stereocenters. The number of aliphatic hydroxyl groups is 1. The molecule has 2 heteroatoms. The van der Waals surface area contributed by atoms with Crippen LogP contribution in [0.3, 0.4) is 0 Å². The number of nitrogens with zero attached hydrogens (tertiary/aromatic N) is 1. The van der Waals surface area contributed by atoms with Crippen molar-refractivity contribution in [1.82, 2.24) is 4.90 Å². The molecule has 0 amide bonds. The predicted octanol–water partition coefficient (Wildman–Crippen LogP) is 1.09. The van der Waals surface area contributed by atoms with Crippen molar-refractivity contribution in [2.45, 2.75) is 6.54 Å². The number of likely N-dealkylation sites (N-methyl/N-ethyl adjacent to an activating group) is 1. The lowest BCUT2D eigenvalue weighted by Gasteiger charge is -2.14. The summed E-state index contributed by atoms with van der Waals surface area (Å²) >= 11 is 0. The van der Waals surface area contributed by atoms with Gasteiger partial charge in [-0.2, -0.15) is 0 Å². The van der Waals surface area contributed by atoms with E-state index in [1.165, 1.54) is 5.56 Å². The molecule has 14 heavy (non-hydrogen) atoms. The molecule has 0 heterocycles. The zero-order valence-electron chi connectivity index (χ0n) is 8.40. The van der Waals surface area contributed by atoms with Gasteiger partial charge >= 0.3 is 0 Å². The third-order valence-corrected chi connectivity index (χ3v) is 2.05. The van der Waals surface area contributed by atoms with E-state index in [2.05, 4.69) is 10.8 Å². The molecule has 2 nitrogen and oxygen atoms in total. The van der Waals surface area contributed by atoms with Crippen molar-refractivity contribution in [3.63, 3.8) is 0 Å². The van der Waals surface area contributed by atoms with Gasteiger partial charge in [-0.25, -0.2) is 0 Å². The van der Waals surface area contributed by atoms with Gasteiger partial charge in [-0.05, 0) is 24.7 Å². The largest absolute Gasteiger partial charge is 0.395 e. The van der Waals surface area contributed by atoms with Crippen LogP contribution in [0.15, 0.2) is 24.3 Å². The van der Waals surface area contributed by atoms with Gasteiger partial charge in [0.1, 0.15) is 0 Å². The first-order valence-electron chi connectivity index (χ1n) is 4.61. The standard InChI is InChI=1S/C12H15NO/c1-3-11-4-6-12(7-5-11)10-13(2)8-9-14/h1,4-7,14H,8-10H2,2H3. The van der Waals surface area contributed by atoms with E-state index in [0.29, 0.717) is 6.54 Å². The summed E-state index contributed by atoms with van der Waals surface area (Å²) in [6, 6.07) is 7.90. The van der Waals surface area contributed by atoms with Gasteiger partial charge in [0.05, 0.1) is 6.61 Å². The molecule has 0 saturated carbocycles. The van der Waals surface area contributed by atoms with Crippen LogP contribution >= 0.6 is 0 Å². The molecule has 74 valence electrons. The van der Waals surface area contributed by atoms with Crippen LogP contribution in [0.1, 0.15) is 11.1 Å². The second kappa shape index (κ2) is 5.43. The molecule has 0 spiro atoms. The minimum Gasteiger partial charge on any atom is -0.395 e. The van der Waals surface area contributed by atoms with Crippen LogP contribution in [0.5, 0.6) is 0 Å². The molecule has 0 aliphatic rings. The van der Waals surface area contributed by atoms with Crippen molar-refractivity contribution in [2.24, 2.45) is 0 Å². The molecule has 0 bridgehead atoms. The summed E-state index contributed by atoms with van der Waals surface area (Å²) in [5.74, 6) is 2.58. The molecule has 0 unspecified atom stereocenters. The molecule has 0 aliphatic heterocycles. The van der Waals surface area contributed by atoms with E-state index in [1.807, 2.05) is 31.3 Å². The molecule has 0 aromatic heterocycles. The predicted molar refractivity (Wildman–Crippen MR) is 57.8 cm³/mol. The summed E-state index contributed by atoms with van der Waals surface area (Å²) in [6.45, 7) is 1.72. The lowest BCUT2D eigenvalue weighted by molar-refractivity contribution is 0.217. The fraction of sp³-hybridized carbons (Fsp3) is 0.333. The van der Waals surface area contributed by atoms with Crippen molar-refractivity contribution in [1.29, 1.82) is 0 Å². The Morgan fingerprint density at radius 1 is 1.36 bits per heavy atom. The highest BCUT2D eigenvalue weighted by Crippen LogP contribution is 2.05. The number of benzene rings is 1. The third-order valence-electron chi connectivity index (χ3n) is 2.05. The van der Waals surface area contributed by atoms with Gasteiger partial charge in [0.2, 0.25) is 0 Å². The molecule has 0 saturated heterocycles. The Morgan fingerprint density at radius 3 is 2.50 bits per heavy atom. The number of terminal acetylenes is 1. The van der Waals surface area contributed by atoms with Crippen molar-refractivity contribution >= 4 is 0 Å². The van der Waals surface area contributed by atoms with Crippen LogP contribution in [0.2, 0.25) is 0 Å². The van der Waals surface area contributed by atoms with E-state index in [4.69, 9.17) is 11.5 Å². The van der Waals surface area contributed by atoms with E-state index in [0.717, 1.165) is 12.1 Å². The summed E-state index contributed by atoms with van der Waals surface area (Å²) < 4.78 is 0. The average molecular weight is 189 g/mol. The van der Waals surface area contributed by atoms with Gasteiger partial charge in [-0.3, -0.25) is 4.90 Å².